The number of carbonyl (C=O) groups is 1. The van der Waals surface area contributed by atoms with E-state index in [1.807, 2.05) is 45.0 Å². The number of ether oxygens (including phenoxy) is 2. The molecule has 3 heteroatoms. The first kappa shape index (κ1) is 20.0. The van der Waals surface area contributed by atoms with Gasteiger partial charge in [0, 0.05) is 0 Å². The van der Waals surface area contributed by atoms with Crippen molar-refractivity contribution in [2.75, 3.05) is 13.2 Å². The predicted molar refractivity (Wildman–Crippen MR) is 99.4 cm³/mol. The molecule has 0 amide bonds. The molecule has 0 spiro atoms. The van der Waals surface area contributed by atoms with Crippen molar-refractivity contribution < 1.29 is 14.3 Å². The summed E-state index contributed by atoms with van der Waals surface area (Å²) in [6, 6.07) is 5.90. The Morgan fingerprint density at radius 3 is 2.54 bits per heavy atom. The molecular weight excluding hydrogens is 300 g/mol. The molecule has 0 N–H and O–H groups in total. The number of aryl methyl sites for hydroxylation is 2. The molecule has 0 saturated heterocycles. The fourth-order valence-electron chi connectivity index (χ4n) is 2.32. The largest absolute Gasteiger partial charge is 0.481 e. The van der Waals surface area contributed by atoms with E-state index in [4.69, 9.17) is 9.47 Å². The van der Waals surface area contributed by atoms with Crippen LogP contribution in [0.3, 0.4) is 0 Å². The van der Waals surface area contributed by atoms with Gasteiger partial charge in [0.1, 0.15) is 12.4 Å². The monoisotopic (exact) mass is 330 g/mol. The number of esters is 1. The van der Waals surface area contributed by atoms with Gasteiger partial charge < -0.3 is 9.47 Å². The lowest BCUT2D eigenvalue weighted by Crippen LogP contribution is -2.15. The fraction of sp³-hybridized carbons (Fsp3) is 0.476. The number of allylic oxidation sites excluding steroid dienone is 3. The first-order chi connectivity index (χ1) is 11.5. The SMILES string of the molecule is CCCCC/C=C/C(C)=C/COC(=O)COc1c(C)cccc1C. The Morgan fingerprint density at radius 1 is 1.17 bits per heavy atom. The minimum atomic E-state index is -0.353. The number of hydrogen-bond donors (Lipinski definition) is 0. The maximum atomic E-state index is 11.8. The van der Waals surface area contributed by atoms with Gasteiger partial charge in [0.25, 0.3) is 0 Å². The normalized spacial score (nSPS) is 11.8. The molecule has 0 saturated carbocycles. The van der Waals surface area contributed by atoms with Crippen LogP contribution in [0.1, 0.15) is 50.7 Å². The molecule has 132 valence electrons. The highest BCUT2D eigenvalue weighted by Crippen LogP contribution is 2.22. The van der Waals surface area contributed by atoms with Crippen molar-refractivity contribution in [1.82, 2.24) is 0 Å². The summed E-state index contributed by atoms with van der Waals surface area (Å²) in [7, 11) is 0. The topological polar surface area (TPSA) is 35.5 Å². The van der Waals surface area contributed by atoms with Gasteiger partial charge in [-0.15, -0.1) is 0 Å². The van der Waals surface area contributed by atoms with Crippen molar-refractivity contribution in [2.45, 2.75) is 53.4 Å². The molecule has 1 rings (SSSR count). The Bertz CT molecular complexity index is 550. The van der Waals surface area contributed by atoms with Crippen LogP contribution in [0, 0.1) is 13.8 Å². The number of rotatable bonds is 10. The van der Waals surface area contributed by atoms with Gasteiger partial charge in [-0.3, -0.25) is 0 Å². The van der Waals surface area contributed by atoms with Gasteiger partial charge >= 0.3 is 5.97 Å². The van der Waals surface area contributed by atoms with E-state index in [0.717, 1.165) is 28.9 Å². The zero-order chi connectivity index (χ0) is 17.8. The minimum absolute atomic E-state index is 0.0640. The summed E-state index contributed by atoms with van der Waals surface area (Å²) in [6.07, 6.45) is 11.0. The van der Waals surface area contributed by atoms with Crippen molar-refractivity contribution in [3.8, 4) is 5.75 Å². The molecule has 0 fully saturated rings. The highest BCUT2D eigenvalue weighted by Gasteiger charge is 2.07. The van der Waals surface area contributed by atoms with Crippen LogP contribution in [0.25, 0.3) is 0 Å². The van der Waals surface area contributed by atoms with Crippen LogP contribution in [0.15, 0.2) is 42.0 Å². The first-order valence-corrected chi connectivity index (χ1v) is 8.72. The van der Waals surface area contributed by atoms with Crippen molar-refractivity contribution in [3.05, 3.63) is 53.1 Å². The Balaban J connectivity index is 2.29. The van der Waals surface area contributed by atoms with Crippen LogP contribution in [-0.4, -0.2) is 19.2 Å². The highest BCUT2D eigenvalue weighted by molar-refractivity contribution is 5.71. The van der Waals surface area contributed by atoms with E-state index in [-0.39, 0.29) is 19.2 Å². The van der Waals surface area contributed by atoms with Crippen LogP contribution in [-0.2, 0) is 9.53 Å². The zero-order valence-electron chi connectivity index (χ0n) is 15.4. The molecule has 0 atom stereocenters. The van der Waals surface area contributed by atoms with Crippen molar-refractivity contribution in [2.24, 2.45) is 0 Å². The van der Waals surface area contributed by atoms with E-state index in [9.17, 15) is 4.79 Å². The average Bonchev–Trinajstić information content (AvgIpc) is 2.54. The van der Waals surface area contributed by atoms with Gasteiger partial charge in [-0.25, -0.2) is 4.79 Å². The van der Waals surface area contributed by atoms with E-state index in [1.165, 1.54) is 19.3 Å². The van der Waals surface area contributed by atoms with Gasteiger partial charge in [0.2, 0.25) is 0 Å². The minimum Gasteiger partial charge on any atom is -0.481 e. The average molecular weight is 330 g/mol. The summed E-state index contributed by atoms with van der Waals surface area (Å²) >= 11 is 0. The Morgan fingerprint density at radius 2 is 1.88 bits per heavy atom. The van der Waals surface area contributed by atoms with E-state index in [1.54, 1.807) is 0 Å². The van der Waals surface area contributed by atoms with E-state index < -0.39 is 0 Å². The van der Waals surface area contributed by atoms with E-state index >= 15 is 0 Å². The van der Waals surface area contributed by atoms with E-state index in [2.05, 4.69) is 19.1 Å². The Kier molecular flexibility index (Phi) is 9.59. The first-order valence-electron chi connectivity index (χ1n) is 8.72. The van der Waals surface area contributed by atoms with Crippen LogP contribution in [0.5, 0.6) is 5.75 Å². The van der Waals surface area contributed by atoms with Crippen molar-refractivity contribution >= 4 is 5.97 Å². The quantitative estimate of drug-likeness (QED) is 0.331. The molecule has 0 aromatic heterocycles. The Hall–Kier alpha value is -2.03. The fourth-order valence-corrected chi connectivity index (χ4v) is 2.32. The van der Waals surface area contributed by atoms with Gasteiger partial charge in [0.05, 0.1) is 0 Å². The maximum Gasteiger partial charge on any atom is 0.344 e. The second kappa shape index (κ2) is 11.5. The van der Waals surface area contributed by atoms with Gasteiger partial charge in [-0.2, -0.15) is 0 Å². The third-order valence-corrected chi connectivity index (χ3v) is 3.75. The molecule has 1 aromatic rings. The van der Waals surface area contributed by atoms with Crippen molar-refractivity contribution in [1.29, 1.82) is 0 Å². The third-order valence-electron chi connectivity index (χ3n) is 3.75. The summed E-state index contributed by atoms with van der Waals surface area (Å²) in [6.45, 7) is 8.36. The predicted octanol–water partition coefficient (Wildman–Crippen LogP) is 5.31. The number of hydrogen-bond acceptors (Lipinski definition) is 3. The number of carbonyl (C=O) groups excluding carboxylic acids is 1. The lowest BCUT2D eigenvalue weighted by Gasteiger charge is -2.11. The van der Waals surface area contributed by atoms with Gasteiger partial charge in [0.15, 0.2) is 6.61 Å². The smallest absolute Gasteiger partial charge is 0.344 e. The molecule has 3 nitrogen and oxygen atoms in total. The van der Waals surface area contributed by atoms with Gasteiger partial charge in [-0.1, -0.05) is 55.7 Å². The number of para-hydroxylation sites is 1. The molecule has 0 aliphatic heterocycles. The second-order valence-corrected chi connectivity index (χ2v) is 6.04. The number of benzene rings is 1. The molecule has 0 radical (unpaired) electrons. The molecule has 1 aromatic carbocycles. The van der Waals surface area contributed by atoms with Crippen LogP contribution < -0.4 is 4.74 Å². The van der Waals surface area contributed by atoms with Crippen LogP contribution >= 0.6 is 0 Å². The maximum absolute atomic E-state index is 11.8. The number of unbranched alkanes of at least 4 members (excludes halogenated alkanes) is 3. The molecule has 0 bridgehead atoms. The summed E-state index contributed by atoms with van der Waals surface area (Å²) < 4.78 is 10.8. The standard InChI is InChI=1S/C21H30O3/c1-5-6-7-8-9-11-17(2)14-15-23-20(22)16-24-21-18(3)12-10-13-19(21)4/h9-14H,5-8,15-16H2,1-4H3/b11-9+,17-14+. The summed E-state index contributed by atoms with van der Waals surface area (Å²) in [4.78, 5) is 11.8. The van der Waals surface area contributed by atoms with E-state index in [0.29, 0.717) is 0 Å². The molecular formula is C21H30O3. The molecule has 0 aliphatic rings. The summed E-state index contributed by atoms with van der Waals surface area (Å²) in [5, 5.41) is 0. The summed E-state index contributed by atoms with van der Waals surface area (Å²) in [5.41, 5.74) is 3.15. The molecule has 0 aliphatic carbocycles. The van der Waals surface area contributed by atoms with Crippen LogP contribution in [0.4, 0.5) is 0 Å². The molecule has 24 heavy (non-hydrogen) atoms. The van der Waals surface area contributed by atoms with Crippen LogP contribution in [0.2, 0.25) is 0 Å². The Labute approximate surface area is 146 Å². The highest BCUT2D eigenvalue weighted by atomic mass is 16.6. The molecule has 0 heterocycles. The second-order valence-electron chi connectivity index (χ2n) is 6.04. The lowest BCUT2D eigenvalue weighted by molar-refractivity contribution is -0.144. The zero-order valence-corrected chi connectivity index (χ0v) is 15.4. The third kappa shape index (κ3) is 8.00. The molecule has 0 unspecified atom stereocenters. The lowest BCUT2D eigenvalue weighted by atomic mass is 10.1. The van der Waals surface area contributed by atoms with Crippen molar-refractivity contribution in [3.63, 3.8) is 0 Å². The summed E-state index contributed by atoms with van der Waals surface area (Å²) in [5.74, 6) is 0.407. The van der Waals surface area contributed by atoms with Gasteiger partial charge in [-0.05, 0) is 50.8 Å².